The van der Waals surface area contributed by atoms with Crippen molar-refractivity contribution in [2.24, 2.45) is 11.7 Å². The van der Waals surface area contributed by atoms with Gasteiger partial charge in [0.15, 0.2) is 0 Å². The summed E-state index contributed by atoms with van der Waals surface area (Å²) in [7, 11) is 0. The normalized spacial score (nSPS) is 14.1. The average molecular weight is 263 g/mol. The molecule has 0 heterocycles. The Bertz CT molecular complexity index is 403. The van der Waals surface area contributed by atoms with Gasteiger partial charge in [-0.25, -0.2) is 0 Å². The number of rotatable bonds is 8. The zero-order chi connectivity index (χ0) is 14.3. The Labute approximate surface area is 115 Å². The third-order valence-corrected chi connectivity index (χ3v) is 3.55. The molecule has 0 aliphatic heterocycles. The lowest BCUT2D eigenvalue weighted by atomic mass is 9.93. The van der Waals surface area contributed by atoms with Gasteiger partial charge < -0.3 is 10.8 Å². The fraction of sp³-hybridized carbons (Fsp3) is 0.562. The Morgan fingerprint density at radius 2 is 2.05 bits per heavy atom. The smallest absolute Gasteiger partial charge is 0.304 e. The van der Waals surface area contributed by atoms with Crippen LogP contribution >= 0.6 is 0 Å². The number of carbonyl (C=O) groups is 1. The largest absolute Gasteiger partial charge is 0.481 e. The van der Waals surface area contributed by atoms with Gasteiger partial charge in [-0.15, -0.1) is 0 Å². The van der Waals surface area contributed by atoms with Gasteiger partial charge in [-0.3, -0.25) is 4.79 Å². The summed E-state index contributed by atoms with van der Waals surface area (Å²) in [5.41, 5.74) is 8.55. The average Bonchev–Trinajstić information content (AvgIpc) is 2.30. The number of aryl methyl sites for hydroxylation is 2. The number of carboxylic acid groups (broad SMARTS) is 1. The predicted molar refractivity (Wildman–Crippen MR) is 78.1 cm³/mol. The highest BCUT2D eigenvalue weighted by Crippen LogP contribution is 2.17. The molecule has 0 aliphatic carbocycles. The lowest BCUT2D eigenvalue weighted by Crippen LogP contribution is -2.26. The molecule has 3 nitrogen and oxygen atoms in total. The van der Waals surface area contributed by atoms with E-state index < -0.39 is 5.97 Å². The minimum absolute atomic E-state index is 0.0716. The summed E-state index contributed by atoms with van der Waals surface area (Å²) in [5.74, 6) is -0.321. The van der Waals surface area contributed by atoms with Crippen LogP contribution in [0.1, 0.15) is 43.7 Å². The topological polar surface area (TPSA) is 63.3 Å². The lowest BCUT2D eigenvalue weighted by molar-refractivity contribution is -0.137. The SMILES string of the molecule is Cc1ccccc1CCC[C@H](C)CC(N)CC(=O)O. The standard InChI is InChI=1S/C16H25NO2/c1-12(10-15(17)11-16(18)19)6-5-9-14-8-4-3-7-13(14)2/h3-4,7-8,12,15H,5-6,9-11,17H2,1-2H3,(H,18,19)/t12-,15?/m0/s1. The molecule has 3 heteroatoms. The molecule has 19 heavy (non-hydrogen) atoms. The molecule has 1 aromatic carbocycles. The molecule has 0 radical (unpaired) electrons. The van der Waals surface area contributed by atoms with Crippen molar-refractivity contribution in [3.8, 4) is 0 Å². The molecule has 1 aromatic rings. The van der Waals surface area contributed by atoms with Crippen LogP contribution in [0.2, 0.25) is 0 Å². The summed E-state index contributed by atoms with van der Waals surface area (Å²) in [4.78, 5) is 10.5. The predicted octanol–water partition coefficient (Wildman–Crippen LogP) is 3.15. The van der Waals surface area contributed by atoms with Gasteiger partial charge in [0, 0.05) is 6.04 Å². The minimum Gasteiger partial charge on any atom is -0.481 e. The van der Waals surface area contributed by atoms with Crippen molar-refractivity contribution in [1.82, 2.24) is 0 Å². The van der Waals surface area contributed by atoms with Crippen LogP contribution in [0.15, 0.2) is 24.3 Å². The van der Waals surface area contributed by atoms with E-state index in [2.05, 4.69) is 38.1 Å². The van der Waals surface area contributed by atoms with E-state index in [9.17, 15) is 4.79 Å². The van der Waals surface area contributed by atoms with Crippen molar-refractivity contribution in [1.29, 1.82) is 0 Å². The number of hydrogen-bond acceptors (Lipinski definition) is 2. The van der Waals surface area contributed by atoms with Gasteiger partial charge in [-0.2, -0.15) is 0 Å². The second-order valence-corrected chi connectivity index (χ2v) is 5.52. The first-order valence-corrected chi connectivity index (χ1v) is 7.01. The molecular formula is C16H25NO2. The van der Waals surface area contributed by atoms with Crippen LogP contribution in [0.25, 0.3) is 0 Å². The summed E-state index contributed by atoms with van der Waals surface area (Å²) in [6, 6.07) is 8.24. The summed E-state index contributed by atoms with van der Waals surface area (Å²) in [6.07, 6.45) is 4.18. The van der Waals surface area contributed by atoms with Crippen LogP contribution in [0, 0.1) is 12.8 Å². The monoisotopic (exact) mass is 263 g/mol. The van der Waals surface area contributed by atoms with Gasteiger partial charge in [0.2, 0.25) is 0 Å². The molecule has 0 amide bonds. The number of aliphatic carboxylic acids is 1. The second-order valence-electron chi connectivity index (χ2n) is 5.52. The molecule has 0 aliphatic rings. The number of hydrogen-bond donors (Lipinski definition) is 2. The first-order chi connectivity index (χ1) is 8.99. The van der Waals surface area contributed by atoms with Crippen LogP contribution < -0.4 is 5.73 Å². The van der Waals surface area contributed by atoms with E-state index in [0.29, 0.717) is 5.92 Å². The molecule has 1 unspecified atom stereocenters. The molecule has 106 valence electrons. The Hall–Kier alpha value is -1.35. The molecule has 0 saturated heterocycles. The lowest BCUT2D eigenvalue weighted by Gasteiger charge is -2.16. The van der Waals surface area contributed by atoms with Crippen LogP contribution in [0.5, 0.6) is 0 Å². The van der Waals surface area contributed by atoms with Crippen molar-refractivity contribution in [2.75, 3.05) is 0 Å². The molecule has 0 fully saturated rings. The van der Waals surface area contributed by atoms with Crippen molar-refractivity contribution in [3.05, 3.63) is 35.4 Å². The van der Waals surface area contributed by atoms with E-state index in [-0.39, 0.29) is 12.5 Å². The fourth-order valence-corrected chi connectivity index (χ4v) is 2.47. The van der Waals surface area contributed by atoms with Gasteiger partial charge >= 0.3 is 5.97 Å². The highest BCUT2D eigenvalue weighted by Gasteiger charge is 2.12. The Morgan fingerprint density at radius 3 is 2.68 bits per heavy atom. The van der Waals surface area contributed by atoms with E-state index in [1.807, 2.05) is 0 Å². The maximum Gasteiger partial charge on any atom is 0.304 e. The Morgan fingerprint density at radius 1 is 1.37 bits per heavy atom. The van der Waals surface area contributed by atoms with Crippen LogP contribution in [-0.2, 0) is 11.2 Å². The number of benzene rings is 1. The van der Waals surface area contributed by atoms with Crippen molar-refractivity contribution < 1.29 is 9.90 Å². The minimum atomic E-state index is -0.806. The first kappa shape index (κ1) is 15.7. The zero-order valence-electron chi connectivity index (χ0n) is 11.9. The van der Waals surface area contributed by atoms with Crippen LogP contribution in [0.3, 0.4) is 0 Å². The third-order valence-electron chi connectivity index (χ3n) is 3.55. The van der Waals surface area contributed by atoms with Crippen molar-refractivity contribution in [3.63, 3.8) is 0 Å². The summed E-state index contributed by atoms with van der Waals surface area (Å²) in [6.45, 7) is 4.29. The summed E-state index contributed by atoms with van der Waals surface area (Å²) < 4.78 is 0. The number of nitrogens with two attached hydrogens (primary N) is 1. The maximum atomic E-state index is 10.5. The molecule has 0 aromatic heterocycles. The zero-order valence-corrected chi connectivity index (χ0v) is 11.9. The highest BCUT2D eigenvalue weighted by atomic mass is 16.4. The van der Waals surface area contributed by atoms with Crippen LogP contribution in [0.4, 0.5) is 0 Å². The van der Waals surface area contributed by atoms with E-state index >= 15 is 0 Å². The first-order valence-electron chi connectivity index (χ1n) is 7.01. The molecule has 0 spiro atoms. The van der Waals surface area contributed by atoms with Gasteiger partial charge in [-0.1, -0.05) is 37.6 Å². The molecular weight excluding hydrogens is 238 g/mol. The second kappa shape index (κ2) is 7.95. The van der Waals surface area contributed by atoms with Gasteiger partial charge in [0.1, 0.15) is 0 Å². The highest BCUT2D eigenvalue weighted by molar-refractivity contribution is 5.67. The quantitative estimate of drug-likeness (QED) is 0.757. The Kier molecular flexibility index (Phi) is 6.57. The van der Waals surface area contributed by atoms with Crippen molar-refractivity contribution >= 4 is 5.97 Å². The molecule has 0 saturated carbocycles. The third kappa shape index (κ3) is 6.39. The molecule has 3 N–H and O–H groups in total. The Balaban J connectivity index is 2.25. The van der Waals surface area contributed by atoms with E-state index in [1.165, 1.54) is 11.1 Å². The van der Waals surface area contributed by atoms with E-state index in [1.54, 1.807) is 0 Å². The summed E-state index contributed by atoms with van der Waals surface area (Å²) >= 11 is 0. The van der Waals surface area contributed by atoms with Crippen LogP contribution in [-0.4, -0.2) is 17.1 Å². The molecule has 1 rings (SSSR count). The maximum absolute atomic E-state index is 10.5. The molecule has 0 bridgehead atoms. The van der Waals surface area contributed by atoms with Gasteiger partial charge in [0.25, 0.3) is 0 Å². The molecule has 2 atom stereocenters. The number of carboxylic acids is 1. The summed E-state index contributed by atoms with van der Waals surface area (Å²) in [5, 5.41) is 8.67. The van der Waals surface area contributed by atoms with Crippen molar-refractivity contribution in [2.45, 2.75) is 52.0 Å². The van der Waals surface area contributed by atoms with Gasteiger partial charge in [0.05, 0.1) is 6.42 Å². The van der Waals surface area contributed by atoms with E-state index in [4.69, 9.17) is 10.8 Å². The fourth-order valence-electron chi connectivity index (χ4n) is 2.47. The van der Waals surface area contributed by atoms with E-state index in [0.717, 1.165) is 25.7 Å². The van der Waals surface area contributed by atoms with Gasteiger partial charge in [-0.05, 0) is 43.2 Å².